The summed E-state index contributed by atoms with van der Waals surface area (Å²) >= 11 is 5.78. The predicted molar refractivity (Wildman–Crippen MR) is 64.7 cm³/mol. The highest BCUT2D eigenvalue weighted by Gasteiger charge is 2.15. The van der Waals surface area contributed by atoms with Gasteiger partial charge >= 0.3 is 0 Å². The fraction of sp³-hybridized carbons (Fsp3) is 0.167. The molecule has 0 bridgehead atoms. The van der Waals surface area contributed by atoms with Gasteiger partial charge in [0.2, 0.25) is 0 Å². The van der Waals surface area contributed by atoms with Crippen molar-refractivity contribution in [1.82, 2.24) is 9.97 Å². The second kappa shape index (κ2) is 3.76. The average molecular weight is 232 g/mol. The van der Waals surface area contributed by atoms with Gasteiger partial charge in [0, 0.05) is 30.1 Å². The molecular formula is C12H10ClN3. The molecule has 4 heteroatoms. The first-order chi connectivity index (χ1) is 7.84. The maximum absolute atomic E-state index is 5.78. The van der Waals surface area contributed by atoms with Crippen LogP contribution in [0.15, 0.2) is 30.6 Å². The van der Waals surface area contributed by atoms with Crippen molar-refractivity contribution in [3.63, 3.8) is 0 Å². The van der Waals surface area contributed by atoms with E-state index in [-0.39, 0.29) is 0 Å². The number of pyridine rings is 2. The number of anilines is 1. The molecule has 0 saturated heterocycles. The van der Waals surface area contributed by atoms with Gasteiger partial charge in [-0.05, 0) is 30.2 Å². The van der Waals surface area contributed by atoms with Gasteiger partial charge in [-0.15, -0.1) is 0 Å². The highest BCUT2D eigenvalue weighted by atomic mass is 35.5. The Bertz CT molecular complexity index is 522. The summed E-state index contributed by atoms with van der Waals surface area (Å²) in [6.07, 6.45) is 4.64. The first-order valence-electron chi connectivity index (χ1n) is 5.18. The molecule has 0 aliphatic carbocycles. The van der Waals surface area contributed by atoms with E-state index in [0.29, 0.717) is 5.15 Å². The van der Waals surface area contributed by atoms with Gasteiger partial charge in [-0.25, -0.2) is 9.97 Å². The molecule has 0 unspecified atom stereocenters. The summed E-state index contributed by atoms with van der Waals surface area (Å²) in [6, 6.07) is 5.83. The van der Waals surface area contributed by atoms with E-state index in [4.69, 9.17) is 11.6 Å². The Balaban J connectivity index is 2.13. The highest BCUT2D eigenvalue weighted by Crippen LogP contribution is 2.30. The number of fused-ring (bicyclic) bond motifs is 1. The number of hydrogen-bond donors (Lipinski definition) is 1. The zero-order valence-electron chi connectivity index (χ0n) is 8.57. The number of nitrogens with zero attached hydrogens (tertiary/aromatic N) is 2. The van der Waals surface area contributed by atoms with Crippen LogP contribution in [-0.2, 0) is 6.42 Å². The van der Waals surface area contributed by atoms with E-state index in [1.165, 1.54) is 11.1 Å². The van der Waals surface area contributed by atoms with Crippen molar-refractivity contribution in [1.29, 1.82) is 0 Å². The van der Waals surface area contributed by atoms with Crippen LogP contribution in [0.4, 0.5) is 5.82 Å². The summed E-state index contributed by atoms with van der Waals surface area (Å²) in [4.78, 5) is 8.41. The van der Waals surface area contributed by atoms with E-state index >= 15 is 0 Å². The van der Waals surface area contributed by atoms with Gasteiger partial charge in [-0.3, -0.25) is 0 Å². The molecule has 2 aromatic heterocycles. The third-order valence-electron chi connectivity index (χ3n) is 2.76. The number of aromatic nitrogens is 2. The lowest BCUT2D eigenvalue weighted by atomic mass is 10.0. The summed E-state index contributed by atoms with van der Waals surface area (Å²) < 4.78 is 0. The molecule has 3 heterocycles. The molecular weight excluding hydrogens is 222 g/mol. The molecule has 0 spiro atoms. The van der Waals surface area contributed by atoms with Crippen molar-refractivity contribution in [2.75, 3.05) is 11.9 Å². The minimum Gasteiger partial charge on any atom is -0.369 e. The van der Waals surface area contributed by atoms with Gasteiger partial charge in [0.15, 0.2) is 0 Å². The first-order valence-corrected chi connectivity index (χ1v) is 5.56. The largest absolute Gasteiger partial charge is 0.369 e. The van der Waals surface area contributed by atoms with Gasteiger partial charge in [0.25, 0.3) is 0 Å². The molecule has 0 atom stereocenters. The Morgan fingerprint density at radius 3 is 2.94 bits per heavy atom. The standard InChI is InChI=1S/C12H10ClN3/c13-11-2-1-8(7-16-11)9-3-5-14-12-10(9)4-6-15-12/h1-3,5,7H,4,6H2,(H,14,15). The average Bonchev–Trinajstić information content (AvgIpc) is 2.78. The Kier molecular flexibility index (Phi) is 2.26. The van der Waals surface area contributed by atoms with Gasteiger partial charge < -0.3 is 5.32 Å². The molecule has 1 N–H and O–H groups in total. The van der Waals surface area contributed by atoms with Crippen LogP contribution in [0.5, 0.6) is 0 Å². The zero-order chi connectivity index (χ0) is 11.0. The van der Waals surface area contributed by atoms with Crippen LogP contribution in [0.25, 0.3) is 11.1 Å². The van der Waals surface area contributed by atoms with E-state index < -0.39 is 0 Å². The minimum atomic E-state index is 0.521. The Morgan fingerprint density at radius 2 is 2.12 bits per heavy atom. The number of rotatable bonds is 1. The van der Waals surface area contributed by atoms with Crippen LogP contribution >= 0.6 is 11.6 Å². The van der Waals surface area contributed by atoms with Crippen LogP contribution in [0.3, 0.4) is 0 Å². The highest BCUT2D eigenvalue weighted by molar-refractivity contribution is 6.29. The second-order valence-electron chi connectivity index (χ2n) is 3.73. The quantitative estimate of drug-likeness (QED) is 0.767. The molecule has 2 aromatic rings. The first kappa shape index (κ1) is 9.60. The van der Waals surface area contributed by atoms with E-state index in [1.807, 2.05) is 24.4 Å². The predicted octanol–water partition coefficient (Wildman–Crippen LogP) is 2.76. The number of halogens is 1. The normalized spacial score (nSPS) is 13.3. The van der Waals surface area contributed by atoms with Crippen LogP contribution < -0.4 is 5.32 Å². The smallest absolute Gasteiger partial charge is 0.129 e. The lowest BCUT2D eigenvalue weighted by Crippen LogP contribution is -1.92. The molecule has 1 aliphatic rings. The van der Waals surface area contributed by atoms with Crippen LogP contribution in [-0.4, -0.2) is 16.5 Å². The zero-order valence-corrected chi connectivity index (χ0v) is 9.33. The van der Waals surface area contributed by atoms with E-state index in [0.717, 1.165) is 24.3 Å². The Morgan fingerprint density at radius 1 is 1.19 bits per heavy atom. The maximum atomic E-state index is 5.78. The lowest BCUT2D eigenvalue weighted by Gasteiger charge is -2.06. The van der Waals surface area contributed by atoms with Crippen molar-refractivity contribution < 1.29 is 0 Å². The molecule has 0 aromatic carbocycles. The molecule has 0 amide bonds. The monoisotopic (exact) mass is 231 g/mol. The minimum absolute atomic E-state index is 0.521. The van der Waals surface area contributed by atoms with Crippen molar-refractivity contribution in [3.05, 3.63) is 41.3 Å². The van der Waals surface area contributed by atoms with Crippen LogP contribution in [0.1, 0.15) is 5.56 Å². The molecule has 80 valence electrons. The van der Waals surface area contributed by atoms with Crippen molar-refractivity contribution in [3.8, 4) is 11.1 Å². The van der Waals surface area contributed by atoms with Crippen LogP contribution in [0, 0.1) is 0 Å². The Hall–Kier alpha value is -1.61. The Labute approximate surface area is 98.5 Å². The van der Waals surface area contributed by atoms with Gasteiger partial charge in [-0.2, -0.15) is 0 Å². The van der Waals surface area contributed by atoms with Crippen LogP contribution in [0.2, 0.25) is 5.15 Å². The van der Waals surface area contributed by atoms with Crippen molar-refractivity contribution >= 4 is 17.4 Å². The third-order valence-corrected chi connectivity index (χ3v) is 2.99. The van der Waals surface area contributed by atoms with Crippen molar-refractivity contribution in [2.24, 2.45) is 0 Å². The summed E-state index contributed by atoms with van der Waals surface area (Å²) in [5.41, 5.74) is 3.55. The van der Waals surface area contributed by atoms with Gasteiger partial charge in [0.05, 0.1) is 0 Å². The number of nitrogens with one attached hydrogen (secondary N) is 1. The van der Waals surface area contributed by atoms with E-state index in [1.54, 1.807) is 6.20 Å². The number of hydrogen-bond acceptors (Lipinski definition) is 3. The fourth-order valence-corrected chi connectivity index (χ4v) is 2.12. The summed E-state index contributed by atoms with van der Waals surface area (Å²) in [5, 5.41) is 3.78. The van der Waals surface area contributed by atoms with Gasteiger partial charge in [0.1, 0.15) is 11.0 Å². The topological polar surface area (TPSA) is 37.8 Å². The second-order valence-corrected chi connectivity index (χ2v) is 4.12. The summed E-state index contributed by atoms with van der Waals surface area (Å²) in [5.74, 6) is 0.993. The molecule has 1 aliphatic heterocycles. The van der Waals surface area contributed by atoms with Gasteiger partial charge in [-0.1, -0.05) is 11.6 Å². The maximum Gasteiger partial charge on any atom is 0.129 e. The molecule has 0 fully saturated rings. The third kappa shape index (κ3) is 1.53. The molecule has 3 rings (SSSR count). The summed E-state index contributed by atoms with van der Waals surface area (Å²) in [6.45, 7) is 0.959. The van der Waals surface area contributed by atoms with Crippen molar-refractivity contribution in [2.45, 2.75) is 6.42 Å². The molecule has 3 nitrogen and oxygen atoms in total. The fourth-order valence-electron chi connectivity index (χ4n) is 2.01. The summed E-state index contributed by atoms with van der Waals surface area (Å²) in [7, 11) is 0. The molecule has 16 heavy (non-hydrogen) atoms. The lowest BCUT2D eigenvalue weighted by molar-refractivity contribution is 1.11. The SMILES string of the molecule is Clc1ccc(-c2ccnc3c2CCN3)cn1. The van der Waals surface area contributed by atoms with E-state index in [2.05, 4.69) is 15.3 Å². The molecule has 0 saturated carbocycles. The molecule has 0 radical (unpaired) electrons. The van der Waals surface area contributed by atoms with E-state index in [9.17, 15) is 0 Å².